The Morgan fingerprint density at radius 3 is 2.80 bits per heavy atom. The lowest BCUT2D eigenvalue weighted by Crippen LogP contribution is -2.00. The number of hydrogen-bond donors (Lipinski definition) is 1. The molecule has 2 nitrogen and oxygen atoms in total. The van der Waals surface area contributed by atoms with Crippen LogP contribution in [0.2, 0.25) is 0 Å². The largest absolute Gasteiger partial charge is 0.465 e. The Morgan fingerprint density at radius 1 is 1.33 bits per heavy atom. The number of thioether (sulfide) groups is 1. The molecule has 1 rings (SSSR count). The number of hydrogen-bond acceptors (Lipinski definition) is 4. The lowest BCUT2D eigenvalue weighted by Gasteiger charge is -2.01. The Hall–Kier alpha value is -0.0600. The molecule has 15 heavy (non-hydrogen) atoms. The quantitative estimate of drug-likeness (QED) is 0.563. The van der Waals surface area contributed by atoms with Crippen molar-refractivity contribution in [1.29, 1.82) is 0 Å². The van der Waals surface area contributed by atoms with E-state index in [-0.39, 0.29) is 0 Å². The van der Waals surface area contributed by atoms with E-state index in [4.69, 9.17) is 9.15 Å². The van der Waals surface area contributed by atoms with Gasteiger partial charge in [-0.15, -0.1) is 0 Å². The average molecular weight is 246 g/mol. The van der Waals surface area contributed by atoms with Crippen LogP contribution in [0, 0.1) is 0 Å². The molecule has 0 bridgehead atoms. The van der Waals surface area contributed by atoms with Crippen LogP contribution in [0.1, 0.15) is 18.4 Å². The van der Waals surface area contributed by atoms with E-state index in [1.807, 2.05) is 17.8 Å². The molecule has 0 radical (unpaired) electrons. The van der Waals surface area contributed by atoms with Crippen molar-refractivity contribution in [3.05, 3.63) is 23.7 Å². The summed E-state index contributed by atoms with van der Waals surface area (Å²) in [6.07, 6.45) is 0.968. The zero-order valence-electron chi connectivity index (χ0n) is 9.07. The molecular weight excluding hydrogens is 228 g/mol. The van der Waals surface area contributed by atoms with Gasteiger partial charge in [0.25, 0.3) is 0 Å². The zero-order valence-corrected chi connectivity index (χ0v) is 10.8. The first-order chi connectivity index (χ1) is 7.36. The fraction of sp³-hybridized carbons (Fsp3) is 0.636. The fourth-order valence-corrected chi connectivity index (χ4v) is 2.01. The number of ether oxygens (including phenoxy) is 1. The predicted molar refractivity (Wildman–Crippen MR) is 68.9 cm³/mol. The minimum absolute atomic E-state index is 0.740. The van der Waals surface area contributed by atoms with E-state index < -0.39 is 0 Å². The highest BCUT2D eigenvalue weighted by Crippen LogP contribution is 2.15. The number of furan rings is 1. The Labute approximate surface area is 101 Å². The molecule has 0 aliphatic carbocycles. The van der Waals surface area contributed by atoms with E-state index in [0.29, 0.717) is 0 Å². The van der Waals surface area contributed by atoms with Gasteiger partial charge in [-0.1, -0.05) is 6.92 Å². The van der Waals surface area contributed by atoms with Gasteiger partial charge in [0.05, 0.1) is 19.0 Å². The molecule has 0 amide bonds. The zero-order chi connectivity index (χ0) is 10.9. The molecule has 0 saturated heterocycles. The summed E-state index contributed by atoms with van der Waals surface area (Å²) in [5, 5.41) is 0. The van der Waals surface area contributed by atoms with Crippen LogP contribution in [0.15, 0.2) is 16.5 Å². The van der Waals surface area contributed by atoms with Gasteiger partial charge in [0.2, 0.25) is 0 Å². The Morgan fingerprint density at radius 2 is 2.13 bits per heavy atom. The second kappa shape index (κ2) is 8.13. The third-order valence-corrected chi connectivity index (χ3v) is 3.04. The van der Waals surface area contributed by atoms with Crippen LogP contribution in [-0.4, -0.2) is 24.7 Å². The molecule has 0 aromatic carbocycles. The molecule has 1 aromatic rings. The lowest BCUT2D eigenvalue weighted by atomic mass is 10.4. The van der Waals surface area contributed by atoms with Crippen molar-refractivity contribution in [3.63, 3.8) is 0 Å². The van der Waals surface area contributed by atoms with Crippen molar-refractivity contribution in [1.82, 2.24) is 0 Å². The molecular formula is C11H18O2S2. The van der Waals surface area contributed by atoms with Crippen molar-refractivity contribution in [2.75, 3.05) is 24.7 Å². The van der Waals surface area contributed by atoms with E-state index >= 15 is 0 Å². The SMILES string of the molecule is CCc1ccc(CSCCOCCS)o1. The third-order valence-electron chi connectivity index (χ3n) is 1.92. The van der Waals surface area contributed by atoms with Crippen molar-refractivity contribution >= 4 is 24.4 Å². The number of rotatable bonds is 8. The maximum Gasteiger partial charge on any atom is 0.114 e. The van der Waals surface area contributed by atoms with Gasteiger partial charge in [-0.05, 0) is 12.1 Å². The molecule has 0 N–H and O–H groups in total. The summed E-state index contributed by atoms with van der Waals surface area (Å²) in [7, 11) is 0. The first kappa shape index (κ1) is 13.0. The molecule has 4 heteroatoms. The first-order valence-corrected chi connectivity index (χ1v) is 6.99. The van der Waals surface area contributed by atoms with E-state index in [2.05, 4.69) is 25.6 Å². The molecule has 1 heterocycles. The minimum Gasteiger partial charge on any atom is -0.465 e. The molecule has 0 aliphatic heterocycles. The summed E-state index contributed by atoms with van der Waals surface area (Å²) in [6.45, 7) is 3.64. The second-order valence-corrected chi connectivity index (χ2v) is 4.66. The monoisotopic (exact) mass is 246 g/mol. The van der Waals surface area contributed by atoms with E-state index in [1.54, 1.807) is 0 Å². The maximum atomic E-state index is 5.59. The van der Waals surface area contributed by atoms with E-state index in [9.17, 15) is 0 Å². The van der Waals surface area contributed by atoms with Crippen molar-refractivity contribution < 1.29 is 9.15 Å². The van der Waals surface area contributed by atoms with Crippen LogP contribution in [0.5, 0.6) is 0 Å². The topological polar surface area (TPSA) is 22.4 Å². The highest BCUT2D eigenvalue weighted by Gasteiger charge is 2.00. The van der Waals surface area contributed by atoms with Gasteiger partial charge >= 0.3 is 0 Å². The van der Waals surface area contributed by atoms with Crippen LogP contribution >= 0.6 is 24.4 Å². The molecule has 0 fully saturated rings. The van der Waals surface area contributed by atoms with Gasteiger partial charge < -0.3 is 9.15 Å². The summed E-state index contributed by atoms with van der Waals surface area (Å²) in [5.41, 5.74) is 0. The number of thiol groups is 1. The average Bonchev–Trinajstić information content (AvgIpc) is 2.71. The summed E-state index contributed by atoms with van der Waals surface area (Å²) >= 11 is 5.91. The maximum absolute atomic E-state index is 5.59. The molecule has 0 spiro atoms. The van der Waals surface area contributed by atoms with Gasteiger partial charge in [0.1, 0.15) is 11.5 Å². The van der Waals surface area contributed by atoms with Crippen molar-refractivity contribution in [2.24, 2.45) is 0 Å². The molecule has 0 atom stereocenters. The third kappa shape index (κ3) is 5.54. The van der Waals surface area contributed by atoms with Crippen molar-refractivity contribution in [2.45, 2.75) is 19.1 Å². The summed E-state index contributed by atoms with van der Waals surface area (Å²) < 4.78 is 10.9. The van der Waals surface area contributed by atoms with Crippen LogP contribution < -0.4 is 0 Å². The van der Waals surface area contributed by atoms with Gasteiger partial charge in [0.15, 0.2) is 0 Å². The van der Waals surface area contributed by atoms with Gasteiger partial charge in [-0.3, -0.25) is 0 Å². The number of aryl methyl sites for hydroxylation is 1. The molecule has 0 saturated carbocycles. The predicted octanol–water partition coefficient (Wildman–Crippen LogP) is 3.02. The van der Waals surface area contributed by atoms with E-state index in [0.717, 1.165) is 48.4 Å². The van der Waals surface area contributed by atoms with Crippen LogP contribution in [0.3, 0.4) is 0 Å². The van der Waals surface area contributed by atoms with Crippen LogP contribution in [0.25, 0.3) is 0 Å². The Kier molecular flexibility index (Phi) is 7.05. The molecule has 0 unspecified atom stereocenters. The summed E-state index contributed by atoms with van der Waals surface area (Å²) in [6, 6.07) is 4.10. The van der Waals surface area contributed by atoms with Gasteiger partial charge in [-0.25, -0.2) is 0 Å². The fourth-order valence-electron chi connectivity index (χ4n) is 1.15. The van der Waals surface area contributed by atoms with Crippen molar-refractivity contribution in [3.8, 4) is 0 Å². The summed E-state index contributed by atoms with van der Waals surface area (Å²) in [5.74, 6) is 4.87. The summed E-state index contributed by atoms with van der Waals surface area (Å²) in [4.78, 5) is 0. The highest BCUT2D eigenvalue weighted by molar-refractivity contribution is 7.98. The minimum atomic E-state index is 0.740. The lowest BCUT2D eigenvalue weighted by molar-refractivity contribution is 0.167. The normalized spacial score (nSPS) is 10.8. The molecule has 0 aliphatic rings. The molecule has 1 aromatic heterocycles. The second-order valence-electron chi connectivity index (χ2n) is 3.11. The van der Waals surface area contributed by atoms with Crippen LogP contribution in [-0.2, 0) is 16.9 Å². The molecule has 86 valence electrons. The Bertz CT molecular complexity index is 261. The highest BCUT2D eigenvalue weighted by atomic mass is 32.2. The van der Waals surface area contributed by atoms with Crippen LogP contribution in [0.4, 0.5) is 0 Å². The van der Waals surface area contributed by atoms with Gasteiger partial charge in [0, 0.05) is 17.9 Å². The smallest absolute Gasteiger partial charge is 0.114 e. The standard InChI is InChI=1S/C11H18O2S2/c1-2-10-3-4-11(13-10)9-15-8-6-12-5-7-14/h3-4,14H,2,5-9H2,1H3. The Balaban J connectivity index is 2.04. The van der Waals surface area contributed by atoms with Gasteiger partial charge in [-0.2, -0.15) is 24.4 Å². The first-order valence-electron chi connectivity index (χ1n) is 5.20. The van der Waals surface area contributed by atoms with E-state index in [1.165, 1.54) is 0 Å².